The summed E-state index contributed by atoms with van der Waals surface area (Å²) in [5, 5.41) is 19.5. The van der Waals surface area contributed by atoms with E-state index in [1.807, 2.05) is 0 Å². The maximum atomic E-state index is 14.0. The number of esters is 1. The number of aliphatic hydroxyl groups is 2. The average molecular weight is 402 g/mol. The monoisotopic (exact) mass is 402 g/mol. The highest BCUT2D eigenvalue weighted by Gasteiger charge is 2.49. The van der Waals surface area contributed by atoms with Crippen LogP contribution in [0.1, 0.15) is 11.7 Å². The van der Waals surface area contributed by atoms with E-state index < -0.39 is 71.8 Å². The molecule has 1 heterocycles. The first kappa shape index (κ1) is 21.4. The minimum atomic E-state index is -2.41. The number of aliphatic hydroxyl groups excluding tert-OH is 2. The highest BCUT2D eigenvalue weighted by Crippen LogP contribution is 2.37. The van der Waals surface area contributed by atoms with Gasteiger partial charge in [-0.1, -0.05) is 0 Å². The highest BCUT2D eigenvalue weighted by atomic mass is 19.2. The second kappa shape index (κ2) is 8.89. The molecule has 0 aromatic heterocycles. The van der Waals surface area contributed by atoms with Gasteiger partial charge in [-0.3, -0.25) is 0 Å². The Morgan fingerprint density at radius 2 is 1.52 bits per heavy atom. The lowest BCUT2D eigenvalue weighted by Gasteiger charge is -2.37. The maximum Gasteiger partial charge on any atom is 0.338 e. The van der Waals surface area contributed by atoms with Crippen LogP contribution in [0.2, 0.25) is 0 Å². The van der Waals surface area contributed by atoms with Crippen molar-refractivity contribution in [1.82, 2.24) is 0 Å². The van der Waals surface area contributed by atoms with Crippen LogP contribution < -0.4 is 0 Å². The second-order valence-corrected chi connectivity index (χ2v) is 5.43. The summed E-state index contributed by atoms with van der Waals surface area (Å²) in [6.45, 7) is -0.467. The Hall–Kier alpha value is -1.86. The third kappa shape index (κ3) is 4.19. The Labute approximate surface area is 149 Å². The molecule has 12 heteroatoms. The normalized spacial score (nSPS) is 25.6. The van der Waals surface area contributed by atoms with Crippen LogP contribution >= 0.6 is 0 Å². The summed E-state index contributed by atoms with van der Waals surface area (Å²) in [7, 11) is 1.38. The van der Waals surface area contributed by atoms with Crippen LogP contribution in [0, 0.1) is 29.1 Å². The summed E-state index contributed by atoms with van der Waals surface area (Å²) in [4.78, 5) is 11.6. The van der Waals surface area contributed by atoms with Gasteiger partial charge in [0.1, 0.15) is 19.0 Å². The van der Waals surface area contributed by atoms with Gasteiger partial charge < -0.3 is 29.2 Å². The molecular formula is C15H15F5O7. The highest BCUT2D eigenvalue weighted by molar-refractivity contribution is 5.76. The SMILES string of the molecule is COCCOCO[C@H]1[C@H](O)[C@H](O)C(=O)O[C@H]1c1c(F)c(F)c(F)c(F)c1F. The number of carbonyl (C=O) groups is 1. The van der Waals surface area contributed by atoms with Crippen LogP contribution in [-0.2, 0) is 23.7 Å². The molecule has 0 spiro atoms. The van der Waals surface area contributed by atoms with Crippen molar-refractivity contribution in [3.63, 3.8) is 0 Å². The number of carbonyl (C=O) groups excluding carboxylic acids is 1. The standard InChI is InChI=1S/C15H15F5O7/c1-24-2-3-25-4-26-14-11(21)12(22)15(23)27-13(14)5-6(16)8(18)10(20)9(19)7(5)17/h11-14,21-22H,2-4H2,1H3/t11-,12+,13+,14+/m1/s1. The molecule has 1 aromatic rings. The number of benzene rings is 1. The minimum Gasteiger partial charge on any atom is -0.452 e. The van der Waals surface area contributed by atoms with E-state index in [0.717, 1.165) is 0 Å². The van der Waals surface area contributed by atoms with Gasteiger partial charge in [-0.15, -0.1) is 0 Å². The predicted octanol–water partition coefficient (Wildman–Crippen LogP) is 0.707. The fraction of sp³-hybridized carbons (Fsp3) is 0.533. The molecular weight excluding hydrogens is 387 g/mol. The zero-order valence-corrected chi connectivity index (χ0v) is 13.8. The van der Waals surface area contributed by atoms with Crippen LogP contribution in [0.25, 0.3) is 0 Å². The van der Waals surface area contributed by atoms with Crippen molar-refractivity contribution in [3.05, 3.63) is 34.6 Å². The van der Waals surface area contributed by atoms with Gasteiger partial charge in [0.15, 0.2) is 35.5 Å². The van der Waals surface area contributed by atoms with Crippen molar-refractivity contribution in [2.75, 3.05) is 27.1 Å². The topological polar surface area (TPSA) is 94.5 Å². The number of hydrogen-bond acceptors (Lipinski definition) is 7. The Kier molecular flexibility index (Phi) is 7.06. The lowest BCUT2D eigenvalue weighted by molar-refractivity contribution is -0.229. The number of hydrogen-bond donors (Lipinski definition) is 2. The van der Waals surface area contributed by atoms with Crippen molar-refractivity contribution in [2.45, 2.75) is 24.4 Å². The molecule has 0 amide bonds. The molecule has 2 rings (SSSR count). The van der Waals surface area contributed by atoms with Gasteiger partial charge in [-0.25, -0.2) is 26.7 Å². The largest absolute Gasteiger partial charge is 0.452 e. The molecule has 2 N–H and O–H groups in total. The van der Waals surface area contributed by atoms with Crippen LogP contribution in [-0.4, -0.2) is 61.6 Å². The fourth-order valence-corrected chi connectivity index (χ4v) is 2.37. The molecule has 4 atom stereocenters. The van der Waals surface area contributed by atoms with Crippen LogP contribution in [0.15, 0.2) is 0 Å². The molecule has 1 aromatic carbocycles. The minimum absolute atomic E-state index is 0.00878. The molecule has 0 radical (unpaired) electrons. The first-order chi connectivity index (χ1) is 12.7. The van der Waals surface area contributed by atoms with Crippen molar-refractivity contribution >= 4 is 5.97 Å². The predicted molar refractivity (Wildman–Crippen MR) is 74.6 cm³/mol. The molecule has 27 heavy (non-hydrogen) atoms. The summed E-state index contributed by atoms with van der Waals surface area (Å²) < 4.78 is 87.4. The third-order valence-electron chi connectivity index (χ3n) is 3.75. The first-order valence-corrected chi connectivity index (χ1v) is 7.48. The Bertz CT molecular complexity index is 673. The second-order valence-electron chi connectivity index (χ2n) is 5.43. The van der Waals surface area contributed by atoms with Crippen molar-refractivity contribution < 1.29 is 55.9 Å². The van der Waals surface area contributed by atoms with Crippen molar-refractivity contribution in [1.29, 1.82) is 0 Å². The maximum absolute atomic E-state index is 14.0. The Morgan fingerprint density at radius 3 is 2.07 bits per heavy atom. The zero-order valence-electron chi connectivity index (χ0n) is 13.8. The fourth-order valence-electron chi connectivity index (χ4n) is 2.37. The molecule has 1 aliphatic heterocycles. The Morgan fingerprint density at radius 1 is 0.963 bits per heavy atom. The van der Waals surface area contributed by atoms with E-state index >= 15 is 0 Å². The van der Waals surface area contributed by atoms with Crippen LogP contribution in [0.3, 0.4) is 0 Å². The summed E-state index contributed by atoms with van der Waals surface area (Å²) in [6, 6.07) is 0. The van der Waals surface area contributed by atoms with Crippen molar-refractivity contribution in [2.24, 2.45) is 0 Å². The van der Waals surface area contributed by atoms with E-state index in [0.29, 0.717) is 0 Å². The molecule has 0 bridgehead atoms. The summed E-state index contributed by atoms with van der Waals surface area (Å²) in [5.74, 6) is -13.0. The Balaban J connectivity index is 2.37. The van der Waals surface area contributed by atoms with E-state index in [1.54, 1.807) is 0 Å². The van der Waals surface area contributed by atoms with Gasteiger partial charge in [-0.05, 0) is 0 Å². The van der Waals surface area contributed by atoms with Crippen LogP contribution in [0.5, 0.6) is 0 Å². The molecule has 0 aliphatic carbocycles. The third-order valence-corrected chi connectivity index (χ3v) is 3.75. The van der Waals surface area contributed by atoms with Gasteiger partial charge in [0, 0.05) is 7.11 Å². The lowest BCUT2D eigenvalue weighted by atomic mass is 9.93. The smallest absolute Gasteiger partial charge is 0.338 e. The van der Waals surface area contributed by atoms with Gasteiger partial charge >= 0.3 is 5.97 Å². The van der Waals surface area contributed by atoms with Crippen LogP contribution in [0.4, 0.5) is 22.0 Å². The van der Waals surface area contributed by atoms with Gasteiger partial charge in [0.05, 0.1) is 18.8 Å². The number of cyclic esters (lactones) is 1. The molecule has 7 nitrogen and oxygen atoms in total. The number of rotatable bonds is 7. The van der Waals surface area contributed by atoms with Crippen molar-refractivity contribution in [3.8, 4) is 0 Å². The molecule has 1 aliphatic rings. The number of ether oxygens (including phenoxy) is 4. The number of halogens is 5. The molecule has 1 fully saturated rings. The summed E-state index contributed by atoms with van der Waals surface area (Å²) in [6.07, 6.45) is -8.36. The number of methoxy groups -OCH3 is 1. The summed E-state index contributed by atoms with van der Waals surface area (Å²) >= 11 is 0. The first-order valence-electron chi connectivity index (χ1n) is 7.48. The van der Waals surface area contributed by atoms with E-state index in [1.165, 1.54) is 7.11 Å². The molecule has 1 saturated heterocycles. The van der Waals surface area contributed by atoms with E-state index in [-0.39, 0.29) is 13.2 Å². The van der Waals surface area contributed by atoms with E-state index in [9.17, 15) is 37.0 Å². The summed E-state index contributed by atoms with van der Waals surface area (Å²) in [5.41, 5.74) is -1.52. The van der Waals surface area contributed by atoms with Gasteiger partial charge in [0.2, 0.25) is 5.82 Å². The lowest BCUT2D eigenvalue weighted by Crippen LogP contribution is -2.53. The van der Waals surface area contributed by atoms with E-state index in [4.69, 9.17) is 9.47 Å². The van der Waals surface area contributed by atoms with Gasteiger partial charge in [0.25, 0.3) is 0 Å². The van der Waals surface area contributed by atoms with E-state index in [2.05, 4.69) is 9.47 Å². The average Bonchev–Trinajstić information content (AvgIpc) is 2.65. The molecule has 0 saturated carbocycles. The quantitative estimate of drug-likeness (QED) is 0.173. The molecule has 0 unspecified atom stereocenters. The zero-order chi connectivity index (χ0) is 20.3. The molecule has 152 valence electrons. The van der Waals surface area contributed by atoms with Gasteiger partial charge in [-0.2, -0.15) is 0 Å².